The molecule has 10 heteroatoms. The van der Waals surface area contributed by atoms with Crippen LogP contribution in [0.1, 0.15) is 16.7 Å². The van der Waals surface area contributed by atoms with Crippen molar-refractivity contribution in [2.24, 2.45) is 0 Å². The second kappa shape index (κ2) is 13.8. The van der Waals surface area contributed by atoms with E-state index in [9.17, 15) is 19.7 Å². The zero-order valence-electron chi connectivity index (χ0n) is 21.6. The molecule has 1 amide bonds. The van der Waals surface area contributed by atoms with Crippen molar-refractivity contribution in [2.45, 2.75) is 6.54 Å². The van der Waals surface area contributed by atoms with Crippen LogP contribution in [0.3, 0.4) is 0 Å². The fourth-order valence-corrected chi connectivity index (χ4v) is 4.06. The van der Waals surface area contributed by atoms with E-state index in [1.54, 1.807) is 35.3 Å². The number of aliphatic carboxylic acids is 1. The normalized spacial score (nSPS) is 13.7. The number of carbonyl (C=O) groups excluding carboxylic acids is 1. The molecule has 40 heavy (non-hydrogen) atoms. The zero-order chi connectivity index (χ0) is 28.3. The summed E-state index contributed by atoms with van der Waals surface area (Å²) in [6, 6.07) is 21.3. The first-order valence-electron chi connectivity index (χ1n) is 12.6. The van der Waals surface area contributed by atoms with E-state index in [0.717, 1.165) is 22.4 Å². The van der Waals surface area contributed by atoms with E-state index in [1.165, 1.54) is 12.1 Å². The molecule has 0 fully saturated rings. The summed E-state index contributed by atoms with van der Waals surface area (Å²) in [5.74, 6) is -0.463. The van der Waals surface area contributed by atoms with Crippen molar-refractivity contribution >= 4 is 34.9 Å². The predicted molar refractivity (Wildman–Crippen MR) is 149 cm³/mol. The number of allylic oxidation sites excluding steroid dienone is 2. The third-order valence-electron chi connectivity index (χ3n) is 5.97. The molecule has 0 saturated heterocycles. The molecule has 3 aromatic rings. The van der Waals surface area contributed by atoms with Crippen molar-refractivity contribution in [1.29, 1.82) is 0 Å². The smallest absolute Gasteiger partial charge is 0.329 e. The molecule has 1 N–H and O–H groups in total. The largest absolute Gasteiger partial charge is 0.491 e. The second-order valence-electron chi connectivity index (χ2n) is 8.75. The molecule has 0 saturated carbocycles. The van der Waals surface area contributed by atoms with Crippen molar-refractivity contribution in [3.05, 3.63) is 112 Å². The number of nitro benzene ring substituents is 1. The Labute approximate surface area is 230 Å². The minimum atomic E-state index is -1.02. The molecule has 10 nitrogen and oxygen atoms in total. The van der Waals surface area contributed by atoms with E-state index < -0.39 is 10.9 Å². The molecular formula is C30H28N2O8. The van der Waals surface area contributed by atoms with Crippen molar-refractivity contribution in [1.82, 2.24) is 0 Å². The number of ether oxygens (including phenoxy) is 3. The van der Waals surface area contributed by atoms with Gasteiger partial charge in [-0.15, -0.1) is 0 Å². The number of amides is 1. The lowest BCUT2D eigenvalue weighted by Gasteiger charge is -2.17. The molecule has 206 valence electrons. The summed E-state index contributed by atoms with van der Waals surface area (Å²) < 4.78 is 15.9. The molecule has 0 unspecified atom stereocenters. The molecule has 0 aromatic heterocycles. The van der Waals surface area contributed by atoms with E-state index in [-0.39, 0.29) is 31.4 Å². The first-order valence-corrected chi connectivity index (χ1v) is 12.6. The Bertz CT molecular complexity index is 1400. The van der Waals surface area contributed by atoms with Gasteiger partial charge in [-0.1, -0.05) is 42.5 Å². The fourth-order valence-electron chi connectivity index (χ4n) is 4.06. The van der Waals surface area contributed by atoms with Gasteiger partial charge in [-0.05, 0) is 47.5 Å². The molecule has 1 aliphatic rings. The van der Waals surface area contributed by atoms with E-state index in [0.29, 0.717) is 31.1 Å². The van der Waals surface area contributed by atoms with Gasteiger partial charge in [0.05, 0.1) is 37.0 Å². The molecule has 1 heterocycles. The number of hydrogen-bond donors (Lipinski definition) is 1. The maximum atomic E-state index is 13.4. The standard InChI is InChI=1S/C30H28N2O8/c33-29(34)21-39-17-16-38-18-19-40-25-14-10-23(11-15-25)20-31-28-7-2-1-5-26(28)27(30(31)35)6-3-4-22-8-12-24(13-9-22)32(36)37/h1-15H,16-21H2,(H,33,34)/b4-3+,27-6+. The number of carbonyl (C=O) groups is 2. The number of anilines is 1. The molecule has 0 aliphatic carbocycles. The zero-order valence-corrected chi connectivity index (χ0v) is 21.6. The van der Waals surface area contributed by atoms with Gasteiger partial charge in [-0.25, -0.2) is 4.79 Å². The van der Waals surface area contributed by atoms with Crippen LogP contribution in [0.4, 0.5) is 11.4 Å². The number of benzene rings is 3. The number of carboxylic acid groups (broad SMARTS) is 1. The minimum absolute atomic E-state index is 0.0249. The van der Waals surface area contributed by atoms with Gasteiger partial charge < -0.3 is 24.2 Å². The summed E-state index contributed by atoms with van der Waals surface area (Å²) in [6.07, 6.45) is 5.33. The third-order valence-corrected chi connectivity index (χ3v) is 5.97. The Morgan fingerprint density at radius 1 is 0.925 bits per heavy atom. The van der Waals surface area contributed by atoms with Crippen LogP contribution in [0.5, 0.6) is 5.75 Å². The van der Waals surface area contributed by atoms with Crippen LogP contribution in [0.2, 0.25) is 0 Å². The van der Waals surface area contributed by atoms with Gasteiger partial charge in [0, 0.05) is 23.3 Å². The number of nitro groups is 1. The van der Waals surface area contributed by atoms with Crippen LogP contribution in [0, 0.1) is 10.1 Å². The van der Waals surface area contributed by atoms with Crippen LogP contribution in [0.15, 0.2) is 84.9 Å². The van der Waals surface area contributed by atoms with Crippen LogP contribution >= 0.6 is 0 Å². The van der Waals surface area contributed by atoms with Gasteiger partial charge in [0.15, 0.2) is 0 Å². The Hall–Kier alpha value is -4.80. The average Bonchev–Trinajstić information content (AvgIpc) is 3.21. The van der Waals surface area contributed by atoms with Crippen molar-refractivity contribution in [2.75, 3.05) is 37.9 Å². The van der Waals surface area contributed by atoms with Crippen LogP contribution in [-0.4, -0.2) is 54.9 Å². The average molecular weight is 545 g/mol. The van der Waals surface area contributed by atoms with E-state index in [2.05, 4.69) is 0 Å². The number of para-hydroxylation sites is 1. The predicted octanol–water partition coefficient (Wildman–Crippen LogP) is 4.74. The van der Waals surface area contributed by atoms with Gasteiger partial charge in [0.2, 0.25) is 0 Å². The van der Waals surface area contributed by atoms with Crippen molar-refractivity contribution in [3.8, 4) is 5.75 Å². The number of carboxylic acids is 1. The number of non-ortho nitro benzene ring substituents is 1. The third kappa shape index (κ3) is 7.62. The van der Waals surface area contributed by atoms with Crippen LogP contribution in [0.25, 0.3) is 11.6 Å². The van der Waals surface area contributed by atoms with Crippen LogP contribution in [-0.2, 0) is 25.6 Å². The number of nitrogens with zero attached hydrogens (tertiary/aromatic N) is 2. The minimum Gasteiger partial charge on any atom is -0.491 e. The summed E-state index contributed by atoms with van der Waals surface area (Å²) >= 11 is 0. The van der Waals surface area contributed by atoms with Gasteiger partial charge in [-0.2, -0.15) is 0 Å². The maximum Gasteiger partial charge on any atom is 0.329 e. The highest BCUT2D eigenvalue weighted by Crippen LogP contribution is 2.37. The number of rotatable bonds is 14. The van der Waals surface area contributed by atoms with Crippen molar-refractivity contribution in [3.63, 3.8) is 0 Å². The van der Waals surface area contributed by atoms with Gasteiger partial charge in [0.1, 0.15) is 19.0 Å². The lowest BCUT2D eigenvalue weighted by Crippen LogP contribution is -2.25. The molecule has 0 radical (unpaired) electrons. The summed E-state index contributed by atoms with van der Waals surface area (Å²) in [5.41, 5.74) is 3.99. The monoisotopic (exact) mass is 544 g/mol. The quantitative estimate of drug-likeness (QED) is 0.133. The Morgan fingerprint density at radius 2 is 1.62 bits per heavy atom. The second-order valence-corrected chi connectivity index (χ2v) is 8.75. The lowest BCUT2D eigenvalue weighted by atomic mass is 10.1. The summed E-state index contributed by atoms with van der Waals surface area (Å²) in [6.45, 7) is 1.19. The van der Waals surface area contributed by atoms with Gasteiger partial charge in [0.25, 0.3) is 11.6 Å². The Morgan fingerprint density at radius 3 is 2.35 bits per heavy atom. The SMILES string of the molecule is O=C(O)COCCOCCOc1ccc(CN2C(=O)/C(=C/C=C/c3ccc([N+](=O)[O-])cc3)c3ccccc32)cc1. The Balaban J connectivity index is 1.33. The molecular weight excluding hydrogens is 516 g/mol. The van der Waals surface area contributed by atoms with E-state index >= 15 is 0 Å². The highest BCUT2D eigenvalue weighted by molar-refractivity contribution is 6.32. The highest BCUT2D eigenvalue weighted by Gasteiger charge is 2.31. The molecule has 0 atom stereocenters. The van der Waals surface area contributed by atoms with Crippen molar-refractivity contribution < 1.29 is 33.8 Å². The molecule has 3 aromatic carbocycles. The summed E-state index contributed by atoms with van der Waals surface area (Å²) in [5, 5.41) is 19.4. The topological polar surface area (TPSA) is 128 Å². The molecule has 1 aliphatic heterocycles. The number of fused-ring (bicyclic) bond motifs is 1. The highest BCUT2D eigenvalue weighted by atomic mass is 16.6. The van der Waals surface area contributed by atoms with E-state index in [4.69, 9.17) is 19.3 Å². The molecule has 0 spiro atoms. The molecule has 4 rings (SSSR count). The maximum absolute atomic E-state index is 13.4. The molecule has 0 bridgehead atoms. The first kappa shape index (κ1) is 28.2. The van der Waals surface area contributed by atoms with E-state index in [1.807, 2.05) is 48.5 Å². The Kier molecular flexibility index (Phi) is 9.76. The van der Waals surface area contributed by atoms with Gasteiger partial charge in [-0.3, -0.25) is 14.9 Å². The van der Waals surface area contributed by atoms with Crippen LogP contribution < -0.4 is 9.64 Å². The summed E-state index contributed by atoms with van der Waals surface area (Å²) in [4.78, 5) is 35.9. The number of hydrogen-bond acceptors (Lipinski definition) is 7. The summed E-state index contributed by atoms with van der Waals surface area (Å²) in [7, 11) is 0. The lowest BCUT2D eigenvalue weighted by molar-refractivity contribution is -0.384. The fraction of sp³-hybridized carbons (Fsp3) is 0.200. The van der Waals surface area contributed by atoms with Gasteiger partial charge >= 0.3 is 5.97 Å². The first-order chi connectivity index (χ1) is 19.4.